The van der Waals surface area contributed by atoms with E-state index >= 15 is 0 Å². The summed E-state index contributed by atoms with van der Waals surface area (Å²) < 4.78 is 26.4. The Morgan fingerprint density at radius 1 is 1.43 bits per heavy atom. The minimum atomic E-state index is -3.52. The minimum Gasteiger partial charge on any atom is -0.393 e. The van der Waals surface area contributed by atoms with Gasteiger partial charge >= 0.3 is 0 Å². The molecular formula is C15H20N2O3S. The quantitative estimate of drug-likeness (QED) is 0.788. The highest BCUT2D eigenvalue weighted by Gasteiger charge is 2.31. The van der Waals surface area contributed by atoms with Crippen molar-refractivity contribution in [2.24, 2.45) is 11.7 Å². The molecule has 1 aliphatic carbocycles. The lowest BCUT2D eigenvalue weighted by Crippen LogP contribution is -2.39. The van der Waals surface area contributed by atoms with Gasteiger partial charge in [0.25, 0.3) is 0 Å². The van der Waals surface area contributed by atoms with Gasteiger partial charge in [-0.05, 0) is 37.0 Å². The maximum absolute atomic E-state index is 12.5. The van der Waals surface area contributed by atoms with Crippen molar-refractivity contribution < 1.29 is 13.5 Å². The Morgan fingerprint density at radius 3 is 2.76 bits per heavy atom. The van der Waals surface area contributed by atoms with E-state index in [9.17, 15) is 13.5 Å². The SMILES string of the molecule is CN(CC1CC(O)C1)S(=O)(=O)c1cccc(C#CCN)c1. The standard InChI is InChI=1S/C15H20N2O3S/c1-17(11-13-8-14(18)9-13)21(19,20)15-6-2-4-12(10-15)5-3-7-16/h2,4,6,10,13-14,18H,7-9,11,16H2,1H3. The lowest BCUT2D eigenvalue weighted by Gasteiger charge is -2.34. The normalized spacial score (nSPS) is 21.5. The Hall–Kier alpha value is -1.39. The zero-order chi connectivity index (χ0) is 15.5. The van der Waals surface area contributed by atoms with Crippen molar-refractivity contribution in [1.29, 1.82) is 0 Å². The molecule has 0 aromatic heterocycles. The van der Waals surface area contributed by atoms with Gasteiger partial charge in [-0.15, -0.1) is 0 Å². The van der Waals surface area contributed by atoms with Gasteiger partial charge in [0.1, 0.15) is 0 Å². The number of nitrogens with zero attached hydrogens (tertiary/aromatic N) is 1. The number of aliphatic hydroxyl groups is 1. The van der Waals surface area contributed by atoms with Crippen LogP contribution in [0, 0.1) is 17.8 Å². The van der Waals surface area contributed by atoms with E-state index in [1.54, 1.807) is 31.3 Å². The summed E-state index contributed by atoms with van der Waals surface area (Å²) in [5.41, 5.74) is 5.95. The van der Waals surface area contributed by atoms with E-state index < -0.39 is 10.0 Å². The number of hydrogen-bond donors (Lipinski definition) is 2. The molecule has 0 radical (unpaired) electrons. The van der Waals surface area contributed by atoms with E-state index in [1.807, 2.05) is 0 Å². The molecule has 0 bridgehead atoms. The lowest BCUT2D eigenvalue weighted by atomic mass is 9.82. The van der Waals surface area contributed by atoms with Gasteiger partial charge in [0.05, 0.1) is 17.5 Å². The predicted molar refractivity (Wildman–Crippen MR) is 80.9 cm³/mol. The second kappa shape index (κ2) is 6.58. The molecule has 0 saturated heterocycles. The zero-order valence-electron chi connectivity index (χ0n) is 12.0. The minimum absolute atomic E-state index is 0.230. The number of rotatable bonds is 4. The number of benzene rings is 1. The first-order valence-corrected chi connectivity index (χ1v) is 8.31. The van der Waals surface area contributed by atoms with Crippen molar-refractivity contribution in [3.63, 3.8) is 0 Å². The summed E-state index contributed by atoms with van der Waals surface area (Å²) in [6, 6.07) is 6.55. The fourth-order valence-electron chi connectivity index (χ4n) is 2.38. The largest absolute Gasteiger partial charge is 0.393 e. The molecule has 0 spiro atoms. The third kappa shape index (κ3) is 3.83. The summed E-state index contributed by atoms with van der Waals surface area (Å²) in [6.45, 7) is 0.666. The Labute approximate surface area is 125 Å². The van der Waals surface area contributed by atoms with Gasteiger partial charge in [-0.25, -0.2) is 12.7 Å². The molecule has 1 aromatic carbocycles. The van der Waals surface area contributed by atoms with E-state index in [2.05, 4.69) is 11.8 Å². The summed E-state index contributed by atoms with van der Waals surface area (Å²) in [5.74, 6) is 5.78. The molecule has 1 fully saturated rings. The van der Waals surface area contributed by atoms with E-state index in [0.29, 0.717) is 24.9 Å². The summed E-state index contributed by atoms with van der Waals surface area (Å²) in [6.07, 6.45) is 1.06. The second-order valence-electron chi connectivity index (χ2n) is 5.31. The van der Waals surface area contributed by atoms with Gasteiger partial charge in [0, 0.05) is 19.2 Å². The third-order valence-corrected chi connectivity index (χ3v) is 5.42. The van der Waals surface area contributed by atoms with Crippen LogP contribution >= 0.6 is 0 Å². The average molecular weight is 308 g/mol. The first-order chi connectivity index (χ1) is 9.93. The van der Waals surface area contributed by atoms with Crippen LogP contribution in [-0.2, 0) is 10.0 Å². The molecule has 6 heteroatoms. The van der Waals surface area contributed by atoms with Gasteiger partial charge in [0.2, 0.25) is 10.0 Å². The van der Waals surface area contributed by atoms with Gasteiger partial charge in [-0.1, -0.05) is 17.9 Å². The highest BCUT2D eigenvalue weighted by Crippen LogP contribution is 2.29. The maximum Gasteiger partial charge on any atom is 0.242 e. The van der Waals surface area contributed by atoms with Crippen molar-refractivity contribution in [2.45, 2.75) is 23.8 Å². The molecule has 0 aliphatic heterocycles. The average Bonchev–Trinajstić information content (AvgIpc) is 2.43. The van der Waals surface area contributed by atoms with E-state index in [0.717, 1.165) is 0 Å². The summed E-state index contributed by atoms with van der Waals surface area (Å²) in [7, 11) is -1.95. The second-order valence-corrected chi connectivity index (χ2v) is 7.36. The Bertz CT molecular complexity index is 655. The van der Waals surface area contributed by atoms with Gasteiger partial charge in [-0.3, -0.25) is 0 Å². The third-order valence-electron chi connectivity index (χ3n) is 3.60. The van der Waals surface area contributed by atoms with E-state index in [4.69, 9.17) is 5.73 Å². The van der Waals surface area contributed by atoms with Crippen molar-refractivity contribution in [3.8, 4) is 11.8 Å². The Kier molecular flexibility index (Phi) is 5.01. The van der Waals surface area contributed by atoms with Crippen molar-refractivity contribution in [3.05, 3.63) is 29.8 Å². The zero-order valence-corrected chi connectivity index (χ0v) is 12.8. The topological polar surface area (TPSA) is 83.6 Å². The predicted octanol–water partition coefficient (Wildman–Crippen LogP) is 0.388. The van der Waals surface area contributed by atoms with Crippen LogP contribution in [0.1, 0.15) is 18.4 Å². The Morgan fingerprint density at radius 2 is 2.14 bits per heavy atom. The summed E-state index contributed by atoms with van der Waals surface area (Å²) in [4.78, 5) is 0.230. The van der Waals surface area contributed by atoms with Gasteiger partial charge in [0.15, 0.2) is 0 Å². The molecule has 5 nitrogen and oxygen atoms in total. The van der Waals surface area contributed by atoms with Crippen LogP contribution in [0.2, 0.25) is 0 Å². The van der Waals surface area contributed by atoms with Crippen LogP contribution < -0.4 is 5.73 Å². The lowest BCUT2D eigenvalue weighted by molar-refractivity contribution is 0.0367. The van der Waals surface area contributed by atoms with Crippen LogP contribution in [0.3, 0.4) is 0 Å². The molecule has 21 heavy (non-hydrogen) atoms. The molecule has 2 rings (SSSR count). The molecule has 3 N–H and O–H groups in total. The number of sulfonamides is 1. The van der Waals surface area contributed by atoms with E-state index in [-0.39, 0.29) is 23.5 Å². The Balaban J connectivity index is 2.14. The van der Waals surface area contributed by atoms with Crippen LogP contribution in [0.25, 0.3) is 0 Å². The number of nitrogens with two attached hydrogens (primary N) is 1. The summed E-state index contributed by atoms with van der Waals surface area (Å²) in [5, 5.41) is 9.28. The molecule has 0 amide bonds. The fourth-order valence-corrected chi connectivity index (χ4v) is 3.67. The number of aliphatic hydroxyl groups excluding tert-OH is 1. The van der Waals surface area contributed by atoms with E-state index in [1.165, 1.54) is 4.31 Å². The van der Waals surface area contributed by atoms with Crippen molar-refractivity contribution in [2.75, 3.05) is 20.1 Å². The van der Waals surface area contributed by atoms with Gasteiger partial charge in [-0.2, -0.15) is 0 Å². The smallest absolute Gasteiger partial charge is 0.242 e. The summed E-state index contributed by atoms with van der Waals surface area (Å²) >= 11 is 0. The highest BCUT2D eigenvalue weighted by atomic mass is 32.2. The molecule has 114 valence electrons. The van der Waals surface area contributed by atoms with Crippen LogP contribution in [0.4, 0.5) is 0 Å². The first kappa shape index (κ1) is 16.0. The molecule has 1 saturated carbocycles. The fraction of sp³-hybridized carbons (Fsp3) is 0.467. The monoisotopic (exact) mass is 308 g/mol. The van der Waals surface area contributed by atoms with Gasteiger partial charge < -0.3 is 10.8 Å². The molecule has 0 heterocycles. The number of hydrogen-bond acceptors (Lipinski definition) is 4. The molecule has 1 aromatic rings. The van der Waals surface area contributed by atoms with Crippen LogP contribution in [0.15, 0.2) is 29.2 Å². The van der Waals surface area contributed by atoms with Crippen LogP contribution in [-0.4, -0.2) is 44.1 Å². The molecule has 0 unspecified atom stereocenters. The first-order valence-electron chi connectivity index (χ1n) is 6.87. The van der Waals surface area contributed by atoms with Crippen LogP contribution in [0.5, 0.6) is 0 Å². The maximum atomic E-state index is 12.5. The molecular weight excluding hydrogens is 288 g/mol. The molecule has 0 atom stereocenters. The highest BCUT2D eigenvalue weighted by molar-refractivity contribution is 7.89. The van der Waals surface area contributed by atoms with Crippen molar-refractivity contribution in [1.82, 2.24) is 4.31 Å². The van der Waals surface area contributed by atoms with Crippen molar-refractivity contribution >= 4 is 10.0 Å². The molecule has 1 aliphatic rings.